The monoisotopic (exact) mass is 278 g/mol. The van der Waals surface area contributed by atoms with Crippen LogP contribution in [0, 0.1) is 0 Å². The molecule has 0 saturated heterocycles. The molecule has 0 fully saturated rings. The van der Waals surface area contributed by atoms with Gasteiger partial charge in [0, 0.05) is 31.2 Å². The minimum Gasteiger partial charge on any atom is -0.352 e. The molecule has 17 heavy (non-hydrogen) atoms. The molecule has 0 aliphatic rings. The summed E-state index contributed by atoms with van der Waals surface area (Å²) in [4.78, 5) is 2.21. The van der Waals surface area contributed by atoms with Crippen LogP contribution in [-0.4, -0.2) is 41.2 Å². The van der Waals surface area contributed by atoms with Gasteiger partial charge in [-0.05, 0) is 20.3 Å². The summed E-state index contributed by atoms with van der Waals surface area (Å²) in [5.74, 6) is 1.04. The van der Waals surface area contributed by atoms with Gasteiger partial charge in [0.2, 0.25) is 0 Å². The molecule has 0 radical (unpaired) electrons. The summed E-state index contributed by atoms with van der Waals surface area (Å²) in [5.41, 5.74) is 0. The highest BCUT2D eigenvalue weighted by atomic mass is 32.2. The van der Waals surface area contributed by atoms with Crippen LogP contribution in [0.15, 0.2) is 4.76 Å². The molecule has 102 valence electrons. The summed E-state index contributed by atoms with van der Waals surface area (Å²) in [5, 5.41) is 0.976. The molecule has 0 aromatic heterocycles. The third-order valence-electron chi connectivity index (χ3n) is 2.73. The van der Waals surface area contributed by atoms with Gasteiger partial charge in [0.1, 0.15) is 0 Å². The Labute approximate surface area is 111 Å². The summed E-state index contributed by atoms with van der Waals surface area (Å²) in [6.07, 6.45) is 2.45. The van der Waals surface area contributed by atoms with Crippen LogP contribution in [0.2, 0.25) is 0 Å². The molecule has 3 nitrogen and oxygen atoms in total. The van der Waals surface area contributed by atoms with Gasteiger partial charge >= 0.3 is 0 Å². The molecule has 0 spiro atoms. The molecule has 0 N–H and O–H groups in total. The van der Waals surface area contributed by atoms with Gasteiger partial charge in [0.15, 0.2) is 12.5 Å². The van der Waals surface area contributed by atoms with Crippen LogP contribution in [0.1, 0.15) is 41.0 Å². The van der Waals surface area contributed by atoms with Crippen LogP contribution in [0.3, 0.4) is 0 Å². The first kappa shape index (κ1) is 17.1. The Morgan fingerprint density at radius 1 is 1.12 bits per heavy atom. The lowest BCUT2D eigenvalue weighted by Gasteiger charge is -2.24. The van der Waals surface area contributed by atoms with Crippen molar-refractivity contribution in [1.82, 2.24) is 4.90 Å². The largest absolute Gasteiger partial charge is 0.352 e. The average molecular weight is 278 g/mol. The number of hydrogen-bond donors (Lipinski definition) is 0. The third-order valence-corrected chi connectivity index (χ3v) is 6.61. The Morgan fingerprint density at radius 3 is 2.00 bits per heavy atom. The maximum Gasteiger partial charge on any atom is 0.192 e. The second kappa shape index (κ2) is 9.04. The van der Waals surface area contributed by atoms with Crippen molar-refractivity contribution >= 4 is 24.2 Å². The Bertz CT molecular complexity index is 270. The first-order chi connectivity index (χ1) is 8.06. The lowest BCUT2D eigenvalue weighted by atomic mass is 10.6. The van der Waals surface area contributed by atoms with Crippen LogP contribution < -0.4 is 0 Å². The summed E-state index contributed by atoms with van der Waals surface area (Å²) in [7, 11) is -2.33. The molecular formula is C12H27N2OPS. The van der Waals surface area contributed by atoms with Crippen molar-refractivity contribution in [2.24, 2.45) is 4.76 Å². The van der Waals surface area contributed by atoms with Crippen LogP contribution >= 0.6 is 19.1 Å². The predicted molar refractivity (Wildman–Crippen MR) is 81.8 cm³/mol. The minimum absolute atomic E-state index is 0.668. The molecule has 0 aromatic rings. The number of nitrogens with zero attached hydrogens (tertiary/aromatic N) is 2. The summed E-state index contributed by atoms with van der Waals surface area (Å²) in [6.45, 7) is 12.2. The van der Waals surface area contributed by atoms with E-state index >= 15 is 0 Å². The third kappa shape index (κ3) is 5.96. The first-order valence-electron chi connectivity index (χ1n) is 6.62. The maximum atomic E-state index is 12.4. The van der Waals surface area contributed by atoms with Crippen LogP contribution in [0.25, 0.3) is 0 Å². The quantitative estimate of drug-likeness (QED) is 0.398. The van der Waals surface area contributed by atoms with Crippen LogP contribution in [0.4, 0.5) is 0 Å². The number of thioether (sulfide) groups is 1. The topological polar surface area (TPSA) is 32.7 Å². The second-order valence-electron chi connectivity index (χ2n) is 3.88. The van der Waals surface area contributed by atoms with E-state index < -0.39 is 7.29 Å². The van der Waals surface area contributed by atoms with E-state index in [-0.39, 0.29) is 0 Å². The molecule has 0 aromatic carbocycles. The minimum atomic E-state index is -2.33. The first-order valence-corrected chi connectivity index (χ1v) is 9.64. The zero-order valence-electron chi connectivity index (χ0n) is 11.9. The molecule has 0 amide bonds. The van der Waals surface area contributed by atoms with Crippen molar-refractivity contribution in [3.63, 3.8) is 0 Å². The number of rotatable bonds is 7. The van der Waals surface area contributed by atoms with E-state index in [4.69, 9.17) is 0 Å². The fourth-order valence-electron chi connectivity index (χ4n) is 1.39. The van der Waals surface area contributed by atoms with E-state index in [1.165, 1.54) is 0 Å². The van der Waals surface area contributed by atoms with Gasteiger partial charge in [-0.15, -0.1) is 0 Å². The zero-order chi connectivity index (χ0) is 13.3. The Hall–Kier alpha value is 0.0500. The molecule has 0 unspecified atom stereocenters. The van der Waals surface area contributed by atoms with Crippen LogP contribution in [0.5, 0.6) is 0 Å². The van der Waals surface area contributed by atoms with Gasteiger partial charge in [0.25, 0.3) is 0 Å². The molecule has 0 rings (SSSR count). The number of hydrogen-bond acceptors (Lipinski definition) is 2. The summed E-state index contributed by atoms with van der Waals surface area (Å²) >= 11 is 1.74. The standard InChI is InChI=1S/C12H27N2OPS/c1-6-11-17-12(14(7-2)8-3)13-16(15,9-4)10-5/h6-11H2,1-5H3. The van der Waals surface area contributed by atoms with Crippen molar-refractivity contribution < 1.29 is 4.57 Å². The lowest BCUT2D eigenvalue weighted by Crippen LogP contribution is -2.28. The van der Waals surface area contributed by atoms with E-state index in [2.05, 4.69) is 30.4 Å². The number of amidine groups is 1. The fraction of sp³-hybridized carbons (Fsp3) is 0.917. The molecule has 0 atom stereocenters. The van der Waals surface area contributed by atoms with Gasteiger partial charge in [-0.25, -0.2) is 4.76 Å². The highest BCUT2D eigenvalue weighted by Crippen LogP contribution is 2.47. The van der Waals surface area contributed by atoms with E-state index in [0.717, 1.165) is 30.4 Å². The molecule has 0 saturated carbocycles. The van der Waals surface area contributed by atoms with Crippen molar-refractivity contribution in [3.05, 3.63) is 0 Å². The normalized spacial score (nSPS) is 12.9. The van der Waals surface area contributed by atoms with Crippen LogP contribution in [-0.2, 0) is 4.57 Å². The molecule has 5 heteroatoms. The molecule has 0 heterocycles. The highest BCUT2D eigenvalue weighted by Gasteiger charge is 2.19. The Morgan fingerprint density at radius 2 is 1.65 bits per heavy atom. The Balaban J connectivity index is 5.00. The van der Waals surface area contributed by atoms with E-state index in [1.54, 1.807) is 11.8 Å². The van der Waals surface area contributed by atoms with Crippen molar-refractivity contribution in [3.8, 4) is 0 Å². The van der Waals surface area contributed by atoms with Gasteiger partial charge in [-0.3, -0.25) is 4.57 Å². The molecule has 0 aliphatic carbocycles. The Kier molecular flexibility index (Phi) is 9.07. The maximum absolute atomic E-state index is 12.4. The van der Waals surface area contributed by atoms with E-state index in [9.17, 15) is 4.57 Å². The van der Waals surface area contributed by atoms with Crippen molar-refractivity contribution in [2.75, 3.05) is 31.2 Å². The van der Waals surface area contributed by atoms with Crippen molar-refractivity contribution in [1.29, 1.82) is 0 Å². The lowest BCUT2D eigenvalue weighted by molar-refractivity contribution is 0.475. The zero-order valence-corrected chi connectivity index (χ0v) is 13.6. The highest BCUT2D eigenvalue weighted by molar-refractivity contribution is 8.14. The van der Waals surface area contributed by atoms with Crippen molar-refractivity contribution in [2.45, 2.75) is 41.0 Å². The van der Waals surface area contributed by atoms with Gasteiger partial charge in [-0.2, -0.15) is 0 Å². The average Bonchev–Trinajstić information content (AvgIpc) is 2.36. The molecular weight excluding hydrogens is 251 g/mol. The smallest absolute Gasteiger partial charge is 0.192 e. The van der Waals surface area contributed by atoms with Gasteiger partial charge in [0.05, 0.1) is 0 Å². The fourth-order valence-corrected chi connectivity index (χ4v) is 4.06. The van der Waals surface area contributed by atoms with E-state index in [0.29, 0.717) is 12.3 Å². The summed E-state index contributed by atoms with van der Waals surface area (Å²) in [6, 6.07) is 0. The SMILES string of the molecule is CCCSC(=NP(=O)(CC)CC)N(CC)CC. The summed E-state index contributed by atoms with van der Waals surface area (Å²) < 4.78 is 17.0. The predicted octanol–water partition coefficient (Wildman–Crippen LogP) is 4.15. The second-order valence-corrected chi connectivity index (χ2v) is 8.10. The van der Waals surface area contributed by atoms with Gasteiger partial charge in [-0.1, -0.05) is 32.5 Å². The van der Waals surface area contributed by atoms with E-state index in [1.807, 2.05) is 13.8 Å². The van der Waals surface area contributed by atoms with Gasteiger partial charge < -0.3 is 4.90 Å². The molecule has 0 bridgehead atoms. The molecule has 0 aliphatic heterocycles.